The van der Waals surface area contributed by atoms with Crippen molar-refractivity contribution in [3.8, 4) is 28.6 Å². The molecule has 3 aliphatic rings. The fourth-order valence-electron chi connectivity index (χ4n) is 7.52. The zero-order chi connectivity index (χ0) is 35.1. The van der Waals surface area contributed by atoms with Gasteiger partial charge in [-0.15, -0.1) is 0 Å². The topological polar surface area (TPSA) is 149 Å². The number of piperidine rings is 1. The van der Waals surface area contributed by atoms with E-state index in [0.29, 0.717) is 51.9 Å². The molecule has 1 aromatic carbocycles. The van der Waals surface area contributed by atoms with E-state index < -0.39 is 12.0 Å². The summed E-state index contributed by atoms with van der Waals surface area (Å²) in [5.74, 6) is -1.61. The molecule has 8 rings (SSSR count). The number of amides is 2. The predicted octanol–water partition coefficient (Wildman–Crippen LogP) is 4.33. The third-order valence-corrected chi connectivity index (χ3v) is 10.3. The Morgan fingerprint density at radius 3 is 2.41 bits per heavy atom. The van der Waals surface area contributed by atoms with Gasteiger partial charge in [0.15, 0.2) is 0 Å². The lowest BCUT2D eigenvalue weighted by Gasteiger charge is -2.42. The number of rotatable bonds is 7. The Morgan fingerprint density at radius 2 is 1.69 bits per heavy atom. The monoisotopic (exact) mass is 691 g/mol. The predicted molar refractivity (Wildman–Crippen MR) is 183 cm³/mol. The van der Waals surface area contributed by atoms with Crippen molar-refractivity contribution in [3.05, 3.63) is 78.6 Å². The van der Waals surface area contributed by atoms with Gasteiger partial charge in [-0.25, -0.2) is 18.9 Å². The van der Waals surface area contributed by atoms with Crippen LogP contribution >= 0.6 is 0 Å². The average Bonchev–Trinajstić information content (AvgIpc) is 3.81. The summed E-state index contributed by atoms with van der Waals surface area (Å²) in [6.07, 6.45) is 13.1. The fraction of sp³-hybridized carbons (Fsp3) is 0.361. The molecule has 0 bridgehead atoms. The summed E-state index contributed by atoms with van der Waals surface area (Å²) in [4.78, 5) is 36.7. The normalized spacial score (nSPS) is 21.4. The van der Waals surface area contributed by atoms with Gasteiger partial charge in [-0.1, -0.05) is 0 Å². The van der Waals surface area contributed by atoms with Gasteiger partial charge >= 0.3 is 0 Å². The molecule has 6 heterocycles. The summed E-state index contributed by atoms with van der Waals surface area (Å²) in [5, 5.41) is 24.1. The molecule has 51 heavy (non-hydrogen) atoms. The number of nitrogens with one attached hydrogen (secondary N) is 2. The number of carbonyl (C=O) groups excluding carboxylic acids is 2. The van der Waals surface area contributed by atoms with Gasteiger partial charge in [-0.2, -0.15) is 19.8 Å². The summed E-state index contributed by atoms with van der Waals surface area (Å²) in [7, 11) is 0. The van der Waals surface area contributed by atoms with Gasteiger partial charge in [0, 0.05) is 67.8 Å². The number of anilines is 2. The number of imide groups is 1. The minimum atomic E-state index is -0.598. The van der Waals surface area contributed by atoms with Crippen LogP contribution in [-0.4, -0.2) is 84.3 Å². The van der Waals surface area contributed by atoms with E-state index in [1.165, 1.54) is 24.5 Å². The molecular formula is C36H35F2N11O2. The van der Waals surface area contributed by atoms with Crippen molar-refractivity contribution in [2.45, 2.75) is 56.7 Å². The number of hydrogen-bond donors (Lipinski definition) is 2. The van der Waals surface area contributed by atoms with E-state index in [1.54, 1.807) is 35.1 Å². The van der Waals surface area contributed by atoms with E-state index in [4.69, 9.17) is 10.1 Å². The molecule has 3 fully saturated rings. The first-order chi connectivity index (χ1) is 24.8. The SMILES string of the molecule is N#Cc1cnn2cc(-c3cnn(C4CCC(N5CCN(c6ccc(NC7CCC(=O)NC7=O)cc6F)CC5)CC4)c3)nc(-c3ccc(F)nc3)c12. The maximum atomic E-state index is 15.2. The lowest BCUT2D eigenvalue weighted by Crippen LogP contribution is -2.51. The third kappa shape index (κ3) is 6.50. The minimum Gasteiger partial charge on any atom is -0.374 e. The van der Waals surface area contributed by atoms with Crippen LogP contribution in [0.2, 0.25) is 0 Å². The molecule has 2 N–H and O–H groups in total. The van der Waals surface area contributed by atoms with Gasteiger partial charge < -0.3 is 10.2 Å². The quantitative estimate of drug-likeness (QED) is 0.187. The van der Waals surface area contributed by atoms with Gasteiger partial charge in [0.1, 0.15) is 29.0 Å². The molecule has 260 valence electrons. The Balaban J connectivity index is 0.879. The number of fused-ring (bicyclic) bond motifs is 1. The zero-order valence-corrected chi connectivity index (χ0v) is 27.7. The van der Waals surface area contributed by atoms with Crippen LogP contribution in [-0.2, 0) is 9.59 Å². The zero-order valence-electron chi connectivity index (χ0n) is 27.7. The second-order valence-electron chi connectivity index (χ2n) is 13.3. The summed E-state index contributed by atoms with van der Waals surface area (Å²) in [6.45, 7) is 3.13. The first kappa shape index (κ1) is 32.5. The van der Waals surface area contributed by atoms with E-state index in [-0.39, 0.29) is 30.1 Å². The largest absolute Gasteiger partial charge is 0.374 e. The summed E-state index contributed by atoms with van der Waals surface area (Å²) in [6, 6.07) is 10.1. The summed E-state index contributed by atoms with van der Waals surface area (Å²) >= 11 is 0. The minimum absolute atomic E-state index is 0.247. The van der Waals surface area contributed by atoms with Crippen molar-refractivity contribution in [2.24, 2.45) is 0 Å². The average molecular weight is 692 g/mol. The molecule has 4 aromatic heterocycles. The van der Waals surface area contributed by atoms with Gasteiger partial charge in [-0.05, 0) is 62.4 Å². The molecular weight excluding hydrogens is 656 g/mol. The highest BCUT2D eigenvalue weighted by Crippen LogP contribution is 2.34. The Labute approximate surface area is 291 Å². The molecule has 13 nitrogen and oxygen atoms in total. The molecule has 2 saturated heterocycles. The number of aromatic nitrogens is 6. The first-order valence-electron chi connectivity index (χ1n) is 17.2. The number of hydrogen-bond acceptors (Lipinski definition) is 10. The van der Waals surface area contributed by atoms with Gasteiger partial charge in [0.2, 0.25) is 17.8 Å². The molecule has 1 atom stereocenters. The maximum Gasteiger partial charge on any atom is 0.249 e. The Morgan fingerprint density at radius 1 is 0.882 bits per heavy atom. The van der Waals surface area contributed by atoms with Crippen molar-refractivity contribution < 1.29 is 18.4 Å². The Bertz CT molecular complexity index is 2140. The molecule has 1 unspecified atom stereocenters. The van der Waals surface area contributed by atoms with Crippen molar-refractivity contribution in [2.75, 3.05) is 36.4 Å². The van der Waals surface area contributed by atoms with Crippen LogP contribution in [0.5, 0.6) is 0 Å². The van der Waals surface area contributed by atoms with Crippen LogP contribution in [0, 0.1) is 23.1 Å². The number of nitriles is 1. The molecule has 5 aromatic rings. The number of halogens is 2. The van der Waals surface area contributed by atoms with Crippen LogP contribution in [0.15, 0.2) is 61.3 Å². The molecule has 2 aliphatic heterocycles. The lowest BCUT2D eigenvalue weighted by molar-refractivity contribution is -0.133. The van der Waals surface area contributed by atoms with E-state index >= 15 is 4.39 Å². The molecule has 1 saturated carbocycles. The van der Waals surface area contributed by atoms with Gasteiger partial charge in [0.25, 0.3) is 0 Å². The Hall–Kier alpha value is -5.75. The molecule has 1 aliphatic carbocycles. The number of benzene rings is 1. The van der Waals surface area contributed by atoms with Crippen molar-refractivity contribution >= 4 is 28.7 Å². The molecule has 15 heteroatoms. The standard InChI is InChI=1S/C36H35F2N11O2/c37-28-15-25(43-29-7-10-33(50)45-36(29)51)2-8-31(28)47-13-11-46(12-14-47)26-3-5-27(6-4-26)48-20-24(19-41-48)30-21-49-35(23(16-39)18-42-49)34(44-30)22-1-9-32(38)40-17-22/h1-2,8-9,15,17-21,26-27,29,43H,3-7,10-14H2,(H,45,50,51). The van der Waals surface area contributed by atoms with Crippen LogP contribution in [0.3, 0.4) is 0 Å². The van der Waals surface area contributed by atoms with Crippen LogP contribution in [0.4, 0.5) is 20.2 Å². The second-order valence-corrected chi connectivity index (χ2v) is 13.3. The van der Waals surface area contributed by atoms with E-state index in [2.05, 4.69) is 36.6 Å². The second kappa shape index (κ2) is 13.5. The van der Waals surface area contributed by atoms with Crippen LogP contribution < -0.4 is 15.5 Å². The first-order valence-corrected chi connectivity index (χ1v) is 17.2. The highest BCUT2D eigenvalue weighted by atomic mass is 19.1. The maximum absolute atomic E-state index is 15.2. The van der Waals surface area contributed by atoms with Crippen LogP contribution in [0.25, 0.3) is 28.0 Å². The lowest BCUT2D eigenvalue weighted by atomic mass is 9.90. The van der Waals surface area contributed by atoms with Crippen molar-refractivity contribution in [1.82, 2.24) is 39.6 Å². The number of pyridine rings is 1. The Kier molecular flexibility index (Phi) is 8.60. The van der Waals surface area contributed by atoms with Gasteiger partial charge in [-0.3, -0.25) is 24.5 Å². The highest BCUT2D eigenvalue weighted by molar-refractivity contribution is 6.01. The number of piperazine rings is 1. The van der Waals surface area contributed by atoms with E-state index in [9.17, 15) is 19.2 Å². The van der Waals surface area contributed by atoms with Gasteiger partial charge in [0.05, 0.1) is 41.7 Å². The van der Waals surface area contributed by atoms with E-state index in [0.717, 1.165) is 57.4 Å². The smallest absolute Gasteiger partial charge is 0.249 e. The van der Waals surface area contributed by atoms with Crippen molar-refractivity contribution in [1.29, 1.82) is 5.26 Å². The van der Waals surface area contributed by atoms with E-state index in [1.807, 2.05) is 10.9 Å². The molecule has 2 amide bonds. The molecule has 0 spiro atoms. The summed E-state index contributed by atoms with van der Waals surface area (Å²) in [5.41, 5.74) is 4.47. The third-order valence-electron chi connectivity index (χ3n) is 10.3. The van der Waals surface area contributed by atoms with Crippen molar-refractivity contribution in [3.63, 3.8) is 0 Å². The summed E-state index contributed by atoms with van der Waals surface area (Å²) < 4.78 is 32.4. The fourth-order valence-corrected chi connectivity index (χ4v) is 7.52. The van der Waals surface area contributed by atoms with Crippen LogP contribution in [0.1, 0.15) is 50.1 Å². The highest BCUT2D eigenvalue weighted by Gasteiger charge is 2.31. The number of carbonyl (C=O) groups is 2. The number of nitrogens with zero attached hydrogens (tertiary/aromatic N) is 9. The molecule has 0 radical (unpaired) electrons.